The van der Waals surface area contributed by atoms with Crippen molar-refractivity contribution in [3.05, 3.63) is 46.3 Å². The Kier molecular flexibility index (Phi) is 3.03. The van der Waals surface area contributed by atoms with E-state index in [9.17, 15) is 4.79 Å². The fraction of sp³-hybridized carbons (Fsp3) is 0.250. The van der Waals surface area contributed by atoms with Crippen molar-refractivity contribution in [3.8, 4) is 0 Å². The van der Waals surface area contributed by atoms with Crippen LogP contribution in [0.2, 0.25) is 0 Å². The lowest BCUT2D eigenvalue weighted by Gasteiger charge is -2.14. The topological polar surface area (TPSA) is 48.7 Å². The summed E-state index contributed by atoms with van der Waals surface area (Å²) < 4.78 is 15.4. The van der Waals surface area contributed by atoms with Gasteiger partial charge in [-0.1, -0.05) is 18.2 Å². The molecule has 2 rings (SSSR count). The molecule has 0 N–H and O–H groups in total. The van der Waals surface area contributed by atoms with Gasteiger partial charge in [-0.25, -0.2) is 4.79 Å². The van der Waals surface area contributed by atoms with Crippen LogP contribution in [0.1, 0.15) is 11.9 Å². The van der Waals surface area contributed by atoms with E-state index in [-0.39, 0.29) is 0 Å². The fourth-order valence-corrected chi connectivity index (χ4v) is 1.68. The number of fused-ring (bicyclic) bond motifs is 1. The summed E-state index contributed by atoms with van der Waals surface area (Å²) in [5.41, 5.74) is 0.800. The van der Waals surface area contributed by atoms with E-state index >= 15 is 0 Å². The Morgan fingerprint density at radius 3 is 2.56 bits per heavy atom. The third kappa shape index (κ3) is 1.85. The summed E-state index contributed by atoms with van der Waals surface area (Å²) in [5, 5.41) is 0.816. The molecule has 16 heavy (non-hydrogen) atoms. The number of hydrogen-bond donors (Lipinski definition) is 0. The zero-order chi connectivity index (χ0) is 11.5. The molecule has 4 nitrogen and oxygen atoms in total. The number of hydrogen-bond acceptors (Lipinski definition) is 4. The lowest BCUT2D eigenvalue weighted by Crippen LogP contribution is -2.08. The molecule has 2 aromatic rings. The van der Waals surface area contributed by atoms with E-state index in [2.05, 4.69) is 0 Å². The predicted octanol–water partition coefficient (Wildman–Crippen LogP) is 2.08. The second-order valence-corrected chi connectivity index (χ2v) is 3.32. The molecule has 0 amide bonds. The molecule has 1 aromatic heterocycles. The summed E-state index contributed by atoms with van der Waals surface area (Å²) in [6, 6.07) is 8.67. The number of benzene rings is 1. The van der Waals surface area contributed by atoms with Gasteiger partial charge in [0.05, 0.1) is 0 Å². The summed E-state index contributed by atoms with van der Waals surface area (Å²) in [6.07, 6.45) is -0.561. The monoisotopic (exact) mass is 220 g/mol. The van der Waals surface area contributed by atoms with Crippen molar-refractivity contribution in [3.63, 3.8) is 0 Å². The normalized spacial score (nSPS) is 11.2. The van der Waals surface area contributed by atoms with Crippen LogP contribution in [0.5, 0.6) is 0 Å². The minimum absolute atomic E-state index is 0.409. The second-order valence-electron chi connectivity index (χ2n) is 3.32. The lowest BCUT2D eigenvalue weighted by atomic mass is 10.1. The lowest BCUT2D eigenvalue weighted by molar-refractivity contribution is -0.105. The summed E-state index contributed by atoms with van der Waals surface area (Å²) >= 11 is 0. The van der Waals surface area contributed by atoms with E-state index in [0.717, 1.165) is 5.39 Å². The molecule has 0 saturated heterocycles. The Hall–Kier alpha value is -1.65. The standard InChI is InChI=1S/C12H12O4/c1-14-12(15-2)9-7-11(13)16-10-6-4-3-5-8(9)10/h3-7,12H,1-2H3. The van der Waals surface area contributed by atoms with Gasteiger partial charge < -0.3 is 13.9 Å². The molecule has 4 heteroatoms. The highest BCUT2D eigenvalue weighted by Gasteiger charge is 2.14. The van der Waals surface area contributed by atoms with Crippen molar-refractivity contribution in [2.45, 2.75) is 6.29 Å². The number of rotatable bonds is 3. The van der Waals surface area contributed by atoms with Crippen LogP contribution in [-0.4, -0.2) is 14.2 Å². The Bertz CT molecular complexity index is 540. The van der Waals surface area contributed by atoms with Gasteiger partial charge in [0.1, 0.15) is 5.58 Å². The molecule has 1 aromatic carbocycles. The van der Waals surface area contributed by atoms with Gasteiger partial charge in [0.25, 0.3) is 0 Å². The molecule has 0 aliphatic carbocycles. The molecule has 0 saturated carbocycles. The molecule has 84 valence electrons. The van der Waals surface area contributed by atoms with E-state index in [0.29, 0.717) is 11.1 Å². The van der Waals surface area contributed by atoms with Crippen molar-refractivity contribution in [2.24, 2.45) is 0 Å². The van der Waals surface area contributed by atoms with Gasteiger partial charge in [-0.3, -0.25) is 0 Å². The van der Waals surface area contributed by atoms with Crippen molar-refractivity contribution in [1.82, 2.24) is 0 Å². The molecule has 0 aliphatic heterocycles. The molecule has 0 bridgehead atoms. The molecule has 0 radical (unpaired) electrons. The van der Waals surface area contributed by atoms with Gasteiger partial charge in [0.2, 0.25) is 0 Å². The average molecular weight is 220 g/mol. The molecule has 0 aliphatic rings. The Morgan fingerprint density at radius 2 is 1.88 bits per heavy atom. The largest absolute Gasteiger partial charge is 0.423 e. The van der Waals surface area contributed by atoms with Crippen molar-refractivity contribution >= 4 is 11.0 Å². The van der Waals surface area contributed by atoms with Crippen LogP contribution in [0.15, 0.2) is 39.5 Å². The third-order valence-electron chi connectivity index (χ3n) is 2.36. The van der Waals surface area contributed by atoms with E-state index in [1.807, 2.05) is 18.2 Å². The maximum Gasteiger partial charge on any atom is 0.336 e. The van der Waals surface area contributed by atoms with Crippen LogP contribution in [-0.2, 0) is 9.47 Å². The van der Waals surface area contributed by atoms with Crippen molar-refractivity contribution in [2.75, 3.05) is 14.2 Å². The van der Waals surface area contributed by atoms with Crippen molar-refractivity contribution in [1.29, 1.82) is 0 Å². The number of para-hydroxylation sites is 1. The first-order valence-electron chi connectivity index (χ1n) is 4.84. The predicted molar refractivity (Wildman–Crippen MR) is 59.2 cm³/mol. The highest BCUT2D eigenvalue weighted by molar-refractivity contribution is 5.80. The van der Waals surface area contributed by atoms with E-state index < -0.39 is 11.9 Å². The zero-order valence-electron chi connectivity index (χ0n) is 9.10. The quantitative estimate of drug-likeness (QED) is 0.587. The highest BCUT2D eigenvalue weighted by atomic mass is 16.7. The molecule has 1 heterocycles. The highest BCUT2D eigenvalue weighted by Crippen LogP contribution is 2.24. The summed E-state index contributed by atoms with van der Waals surface area (Å²) in [4.78, 5) is 11.4. The minimum Gasteiger partial charge on any atom is -0.423 e. The number of methoxy groups -OCH3 is 2. The van der Waals surface area contributed by atoms with Crippen LogP contribution in [0.25, 0.3) is 11.0 Å². The van der Waals surface area contributed by atoms with Gasteiger partial charge in [-0.15, -0.1) is 0 Å². The Balaban J connectivity index is 2.71. The molecule has 0 fully saturated rings. The average Bonchev–Trinajstić information content (AvgIpc) is 2.30. The van der Waals surface area contributed by atoms with E-state index in [1.165, 1.54) is 20.3 Å². The van der Waals surface area contributed by atoms with Gasteiger partial charge >= 0.3 is 5.63 Å². The first kappa shape index (κ1) is 10.9. The van der Waals surface area contributed by atoms with Gasteiger partial charge in [0, 0.05) is 31.2 Å². The van der Waals surface area contributed by atoms with Gasteiger partial charge in [0.15, 0.2) is 6.29 Å². The molecule has 0 unspecified atom stereocenters. The molecular formula is C12H12O4. The van der Waals surface area contributed by atoms with Crippen LogP contribution >= 0.6 is 0 Å². The van der Waals surface area contributed by atoms with Gasteiger partial charge in [-0.2, -0.15) is 0 Å². The summed E-state index contributed by atoms with van der Waals surface area (Å²) in [7, 11) is 3.05. The summed E-state index contributed by atoms with van der Waals surface area (Å²) in [6.45, 7) is 0. The summed E-state index contributed by atoms with van der Waals surface area (Å²) in [5.74, 6) is 0. The maximum atomic E-state index is 11.4. The smallest absolute Gasteiger partial charge is 0.336 e. The Morgan fingerprint density at radius 1 is 1.19 bits per heavy atom. The third-order valence-corrected chi connectivity index (χ3v) is 2.36. The molecule has 0 atom stereocenters. The fourth-order valence-electron chi connectivity index (χ4n) is 1.68. The molecule has 0 spiro atoms. The van der Waals surface area contributed by atoms with Crippen LogP contribution in [0.3, 0.4) is 0 Å². The minimum atomic E-state index is -0.561. The van der Waals surface area contributed by atoms with Crippen LogP contribution in [0.4, 0.5) is 0 Å². The van der Waals surface area contributed by atoms with Crippen molar-refractivity contribution < 1.29 is 13.9 Å². The SMILES string of the molecule is COC(OC)c1cc(=O)oc2ccccc12. The van der Waals surface area contributed by atoms with Gasteiger partial charge in [-0.05, 0) is 6.07 Å². The first-order chi connectivity index (χ1) is 7.76. The van der Waals surface area contributed by atoms with Crippen LogP contribution < -0.4 is 5.63 Å². The molecular weight excluding hydrogens is 208 g/mol. The van der Waals surface area contributed by atoms with E-state index in [1.54, 1.807) is 6.07 Å². The second kappa shape index (κ2) is 4.47. The zero-order valence-corrected chi connectivity index (χ0v) is 9.10. The first-order valence-corrected chi connectivity index (χ1v) is 4.84. The maximum absolute atomic E-state index is 11.4. The van der Waals surface area contributed by atoms with E-state index in [4.69, 9.17) is 13.9 Å². The van der Waals surface area contributed by atoms with Crippen LogP contribution in [0, 0.1) is 0 Å². The Labute approximate surface area is 92.4 Å². The number of ether oxygens (including phenoxy) is 2.